The molecule has 2 aromatic carbocycles. The van der Waals surface area contributed by atoms with Crippen molar-refractivity contribution in [2.75, 3.05) is 6.61 Å². The predicted octanol–water partition coefficient (Wildman–Crippen LogP) is 4.07. The van der Waals surface area contributed by atoms with Gasteiger partial charge in [0.1, 0.15) is 5.67 Å². The highest BCUT2D eigenvalue weighted by Gasteiger charge is 2.53. The number of alkyl halides is 1. The fraction of sp³-hybridized carbons (Fsp3) is 0.400. The maximum absolute atomic E-state index is 14.3. The van der Waals surface area contributed by atoms with E-state index < -0.39 is 14.0 Å². The van der Waals surface area contributed by atoms with E-state index in [4.69, 9.17) is 4.43 Å². The van der Waals surface area contributed by atoms with Gasteiger partial charge >= 0.3 is 0 Å². The molecule has 0 aliphatic heterocycles. The molecule has 0 aromatic heterocycles. The van der Waals surface area contributed by atoms with E-state index in [9.17, 15) is 4.39 Å². The zero-order valence-corrected chi connectivity index (χ0v) is 15.2. The molecule has 0 N–H and O–H groups in total. The SMILES string of the molecule is CC(C)(C)[Si](OCC1(F)CC1)(c1ccccc1)c1ccccc1. The predicted molar refractivity (Wildman–Crippen MR) is 96.6 cm³/mol. The molecular weight excluding hydrogens is 303 g/mol. The standard InChI is InChI=1S/C20H25FOSi/c1-19(2,3)23(17-10-6-4-7-11-17,18-12-8-5-9-13-18)22-16-20(21)14-15-20/h4-13H,14-16H2,1-3H3. The van der Waals surface area contributed by atoms with Gasteiger partial charge in [-0.15, -0.1) is 0 Å². The van der Waals surface area contributed by atoms with E-state index in [1.807, 2.05) is 12.1 Å². The van der Waals surface area contributed by atoms with Crippen molar-refractivity contribution in [3.63, 3.8) is 0 Å². The van der Waals surface area contributed by atoms with Gasteiger partial charge in [0.25, 0.3) is 8.32 Å². The van der Waals surface area contributed by atoms with E-state index in [1.54, 1.807) is 0 Å². The van der Waals surface area contributed by atoms with E-state index in [0.29, 0.717) is 12.8 Å². The van der Waals surface area contributed by atoms with Gasteiger partial charge < -0.3 is 4.43 Å². The third-order valence-electron chi connectivity index (χ3n) is 4.76. The second-order valence-electron chi connectivity index (χ2n) is 7.60. The molecular formula is C20H25FOSi. The van der Waals surface area contributed by atoms with Crippen molar-refractivity contribution in [1.82, 2.24) is 0 Å². The van der Waals surface area contributed by atoms with Crippen molar-refractivity contribution in [2.45, 2.75) is 44.3 Å². The summed E-state index contributed by atoms with van der Waals surface area (Å²) in [6.07, 6.45) is 1.26. The first-order valence-electron chi connectivity index (χ1n) is 8.31. The van der Waals surface area contributed by atoms with Gasteiger partial charge in [-0.1, -0.05) is 81.4 Å². The summed E-state index contributed by atoms with van der Waals surface area (Å²) in [5.41, 5.74) is -1.10. The third kappa shape index (κ3) is 3.13. The average molecular weight is 329 g/mol. The van der Waals surface area contributed by atoms with Gasteiger partial charge in [0, 0.05) is 0 Å². The highest BCUT2D eigenvalue weighted by molar-refractivity contribution is 6.99. The second kappa shape index (κ2) is 5.88. The molecule has 2 aromatic rings. The van der Waals surface area contributed by atoms with Crippen LogP contribution in [0.4, 0.5) is 4.39 Å². The van der Waals surface area contributed by atoms with Crippen LogP contribution < -0.4 is 10.4 Å². The van der Waals surface area contributed by atoms with Gasteiger partial charge in [0.05, 0.1) is 6.61 Å². The van der Waals surface area contributed by atoms with Crippen LogP contribution in [0.25, 0.3) is 0 Å². The van der Waals surface area contributed by atoms with Crippen LogP contribution in [-0.4, -0.2) is 20.6 Å². The summed E-state index contributed by atoms with van der Waals surface area (Å²) >= 11 is 0. The lowest BCUT2D eigenvalue weighted by Gasteiger charge is -2.43. The zero-order valence-electron chi connectivity index (χ0n) is 14.2. The van der Waals surface area contributed by atoms with E-state index in [0.717, 1.165) is 0 Å². The van der Waals surface area contributed by atoms with Crippen LogP contribution in [0.3, 0.4) is 0 Å². The summed E-state index contributed by atoms with van der Waals surface area (Å²) in [5.74, 6) is 0. The topological polar surface area (TPSA) is 9.23 Å². The first-order chi connectivity index (χ1) is 10.9. The fourth-order valence-corrected chi connectivity index (χ4v) is 7.91. The van der Waals surface area contributed by atoms with Crippen molar-refractivity contribution < 1.29 is 8.82 Å². The first kappa shape index (κ1) is 16.4. The Hall–Kier alpha value is -1.45. The molecule has 1 saturated carbocycles. The molecule has 3 heteroatoms. The van der Waals surface area contributed by atoms with E-state index in [2.05, 4.69) is 69.3 Å². The minimum atomic E-state index is -2.56. The van der Waals surface area contributed by atoms with Crippen LogP contribution >= 0.6 is 0 Å². The van der Waals surface area contributed by atoms with Crippen LogP contribution in [-0.2, 0) is 4.43 Å². The van der Waals surface area contributed by atoms with Crippen LogP contribution in [0.2, 0.25) is 5.04 Å². The van der Waals surface area contributed by atoms with Crippen LogP contribution in [0, 0.1) is 0 Å². The quantitative estimate of drug-likeness (QED) is 0.752. The van der Waals surface area contributed by atoms with Crippen molar-refractivity contribution in [3.05, 3.63) is 60.7 Å². The molecule has 0 spiro atoms. The Labute approximate surface area is 139 Å². The number of rotatable bonds is 5. The molecule has 23 heavy (non-hydrogen) atoms. The highest BCUT2D eigenvalue weighted by Crippen LogP contribution is 2.43. The molecule has 0 amide bonds. The largest absolute Gasteiger partial charge is 0.404 e. The first-order valence-corrected chi connectivity index (χ1v) is 10.2. The Morgan fingerprint density at radius 1 is 0.913 bits per heavy atom. The Balaban J connectivity index is 2.13. The molecule has 0 saturated heterocycles. The maximum Gasteiger partial charge on any atom is 0.261 e. The van der Waals surface area contributed by atoms with Gasteiger partial charge in [0.15, 0.2) is 0 Å². The minimum Gasteiger partial charge on any atom is -0.404 e. The summed E-state index contributed by atoms with van der Waals surface area (Å²) in [6.45, 7) is 6.87. The van der Waals surface area contributed by atoms with Gasteiger partial charge in [-0.25, -0.2) is 4.39 Å². The Bertz CT molecular complexity index is 605. The molecule has 1 aliphatic carbocycles. The monoisotopic (exact) mass is 328 g/mol. The summed E-state index contributed by atoms with van der Waals surface area (Å²) in [5, 5.41) is 2.34. The lowest BCUT2D eigenvalue weighted by atomic mass is 10.2. The lowest BCUT2D eigenvalue weighted by molar-refractivity contribution is 0.169. The molecule has 1 fully saturated rings. The molecule has 3 rings (SSSR count). The summed E-state index contributed by atoms with van der Waals surface area (Å²) in [4.78, 5) is 0. The van der Waals surface area contributed by atoms with Gasteiger partial charge in [-0.3, -0.25) is 0 Å². The zero-order chi connectivity index (χ0) is 16.6. The molecule has 1 nitrogen and oxygen atoms in total. The maximum atomic E-state index is 14.3. The van der Waals surface area contributed by atoms with Crippen molar-refractivity contribution in [3.8, 4) is 0 Å². The molecule has 0 heterocycles. The van der Waals surface area contributed by atoms with Crippen LogP contribution in [0.1, 0.15) is 33.6 Å². The smallest absolute Gasteiger partial charge is 0.261 e. The number of benzene rings is 2. The second-order valence-corrected chi connectivity index (χ2v) is 11.9. The molecule has 0 atom stereocenters. The van der Waals surface area contributed by atoms with E-state index >= 15 is 0 Å². The number of halogens is 1. The summed E-state index contributed by atoms with van der Waals surface area (Å²) < 4.78 is 20.9. The van der Waals surface area contributed by atoms with Crippen LogP contribution in [0.15, 0.2) is 60.7 Å². The van der Waals surface area contributed by atoms with E-state index in [1.165, 1.54) is 10.4 Å². The lowest BCUT2D eigenvalue weighted by Crippen LogP contribution is -2.67. The summed E-state index contributed by atoms with van der Waals surface area (Å²) in [6, 6.07) is 20.8. The fourth-order valence-electron chi connectivity index (χ4n) is 3.28. The molecule has 0 unspecified atom stereocenters. The highest BCUT2D eigenvalue weighted by atomic mass is 28.4. The molecule has 1 aliphatic rings. The minimum absolute atomic E-state index is 0.0824. The van der Waals surface area contributed by atoms with Gasteiger partial charge in [-0.05, 0) is 28.3 Å². The number of hydrogen-bond acceptors (Lipinski definition) is 1. The average Bonchev–Trinajstić information content (AvgIpc) is 3.27. The van der Waals surface area contributed by atoms with Crippen LogP contribution in [0.5, 0.6) is 0 Å². The van der Waals surface area contributed by atoms with E-state index in [-0.39, 0.29) is 11.6 Å². The number of hydrogen-bond donors (Lipinski definition) is 0. The van der Waals surface area contributed by atoms with Gasteiger partial charge in [0.2, 0.25) is 0 Å². The normalized spacial score (nSPS) is 17.0. The molecule has 0 bridgehead atoms. The Morgan fingerprint density at radius 2 is 1.35 bits per heavy atom. The van der Waals surface area contributed by atoms with Crippen molar-refractivity contribution in [2.24, 2.45) is 0 Å². The van der Waals surface area contributed by atoms with Crippen molar-refractivity contribution in [1.29, 1.82) is 0 Å². The molecule has 0 radical (unpaired) electrons. The Morgan fingerprint density at radius 3 is 1.70 bits per heavy atom. The van der Waals surface area contributed by atoms with Crippen molar-refractivity contribution >= 4 is 18.7 Å². The van der Waals surface area contributed by atoms with Gasteiger partial charge in [-0.2, -0.15) is 0 Å². The third-order valence-corrected chi connectivity index (χ3v) is 9.74. The summed E-state index contributed by atoms with van der Waals surface area (Å²) in [7, 11) is -2.56. The molecule has 122 valence electrons. The Kier molecular flexibility index (Phi) is 4.19.